The first-order valence-electron chi connectivity index (χ1n) is 5.97. The second-order valence-corrected chi connectivity index (χ2v) is 4.53. The van der Waals surface area contributed by atoms with E-state index in [-0.39, 0.29) is 0 Å². The van der Waals surface area contributed by atoms with Crippen molar-refractivity contribution in [3.05, 3.63) is 24.5 Å². The highest BCUT2D eigenvalue weighted by molar-refractivity contribution is 5.37. The normalized spacial score (nSPS) is 23.6. The van der Waals surface area contributed by atoms with Gasteiger partial charge in [-0.05, 0) is 32.4 Å². The van der Waals surface area contributed by atoms with Gasteiger partial charge in [0.05, 0.1) is 6.20 Å². The van der Waals surface area contributed by atoms with Crippen molar-refractivity contribution in [2.75, 3.05) is 13.6 Å². The summed E-state index contributed by atoms with van der Waals surface area (Å²) in [6.45, 7) is 1.08. The topological polar surface area (TPSA) is 51.5 Å². The Labute approximate surface area is 99.8 Å². The van der Waals surface area contributed by atoms with E-state index < -0.39 is 0 Å². The number of fused-ring (bicyclic) bond motifs is 1. The van der Waals surface area contributed by atoms with Gasteiger partial charge in [0, 0.05) is 18.3 Å². The smallest absolute Gasteiger partial charge is 0.217 e. The molecular formula is C12H16N4O. The largest absolute Gasteiger partial charge is 0.474 e. The predicted octanol–water partition coefficient (Wildman–Crippen LogP) is 1.11. The molecule has 5 heteroatoms. The molecule has 0 radical (unpaired) electrons. The number of aromatic nitrogens is 3. The molecule has 0 aliphatic heterocycles. The zero-order chi connectivity index (χ0) is 11.7. The quantitative estimate of drug-likeness (QED) is 0.858. The molecule has 0 amide bonds. The number of hydrogen-bond donors (Lipinski definition) is 1. The van der Waals surface area contributed by atoms with Crippen molar-refractivity contribution < 1.29 is 4.74 Å². The van der Waals surface area contributed by atoms with Crippen molar-refractivity contribution in [2.45, 2.75) is 18.9 Å². The molecule has 0 atom stereocenters. The molecule has 2 aromatic rings. The summed E-state index contributed by atoms with van der Waals surface area (Å²) in [4.78, 5) is 4.39. The van der Waals surface area contributed by atoms with Crippen LogP contribution in [0.2, 0.25) is 0 Å². The van der Waals surface area contributed by atoms with Crippen LogP contribution in [-0.2, 0) is 0 Å². The van der Waals surface area contributed by atoms with E-state index in [1.165, 1.54) is 0 Å². The van der Waals surface area contributed by atoms with Crippen LogP contribution in [0.25, 0.3) is 5.65 Å². The van der Waals surface area contributed by atoms with E-state index in [4.69, 9.17) is 4.74 Å². The summed E-state index contributed by atoms with van der Waals surface area (Å²) in [6, 6.07) is 3.74. The van der Waals surface area contributed by atoms with E-state index in [9.17, 15) is 0 Å². The summed E-state index contributed by atoms with van der Waals surface area (Å²) in [6.07, 6.45) is 6.17. The fraction of sp³-hybridized carbons (Fsp3) is 0.500. The average molecular weight is 232 g/mol. The van der Waals surface area contributed by atoms with Gasteiger partial charge >= 0.3 is 0 Å². The van der Waals surface area contributed by atoms with Crippen molar-refractivity contribution in [2.24, 2.45) is 5.92 Å². The zero-order valence-electron chi connectivity index (χ0n) is 9.84. The molecule has 5 nitrogen and oxygen atoms in total. The van der Waals surface area contributed by atoms with E-state index in [0.29, 0.717) is 12.0 Å². The highest BCUT2D eigenvalue weighted by atomic mass is 16.5. The van der Waals surface area contributed by atoms with Gasteiger partial charge in [-0.2, -0.15) is 10.1 Å². The first-order chi connectivity index (χ1) is 8.35. The molecule has 3 rings (SSSR count). The fourth-order valence-corrected chi connectivity index (χ4v) is 2.26. The van der Waals surface area contributed by atoms with Gasteiger partial charge in [-0.3, -0.25) is 0 Å². The molecule has 2 heterocycles. The molecule has 1 fully saturated rings. The third kappa shape index (κ3) is 2.10. The van der Waals surface area contributed by atoms with Gasteiger partial charge in [0.1, 0.15) is 6.10 Å². The molecule has 0 bridgehead atoms. The van der Waals surface area contributed by atoms with Crippen LogP contribution < -0.4 is 10.1 Å². The Hall–Kier alpha value is -1.62. The highest BCUT2D eigenvalue weighted by Crippen LogP contribution is 2.30. The Morgan fingerprint density at radius 2 is 2.35 bits per heavy atom. The second-order valence-electron chi connectivity index (χ2n) is 4.53. The average Bonchev–Trinajstić information content (AvgIpc) is 2.73. The maximum Gasteiger partial charge on any atom is 0.217 e. The number of rotatable bonds is 4. The summed E-state index contributed by atoms with van der Waals surface area (Å²) in [7, 11) is 1.99. The highest BCUT2D eigenvalue weighted by Gasteiger charge is 2.30. The minimum absolute atomic E-state index is 0.325. The Morgan fingerprint density at radius 3 is 3.18 bits per heavy atom. The van der Waals surface area contributed by atoms with Crippen LogP contribution >= 0.6 is 0 Å². The van der Waals surface area contributed by atoms with E-state index in [2.05, 4.69) is 15.4 Å². The zero-order valence-corrected chi connectivity index (χ0v) is 9.84. The van der Waals surface area contributed by atoms with Crippen LogP contribution in [0.15, 0.2) is 24.5 Å². The standard InChI is InChI=1S/C12H16N4O/c1-13-8-9-6-10(7-9)17-12-3-5-16-11(15-12)2-4-14-16/h2-5,9-10,13H,6-8H2,1H3. The minimum Gasteiger partial charge on any atom is -0.474 e. The molecule has 0 aromatic carbocycles. The molecule has 1 N–H and O–H groups in total. The Bertz CT molecular complexity index is 504. The van der Waals surface area contributed by atoms with Gasteiger partial charge in [0.25, 0.3) is 0 Å². The predicted molar refractivity (Wildman–Crippen MR) is 64.1 cm³/mol. The summed E-state index contributed by atoms with van der Waals surface area (Å²) < 4.78 is 7.56. The van der Waals surface area contributed by atoms with Crippen molar-refractivity contribution in [1.29, 1.82) is 0 Å². The van der Waals surface area contributed by atoms with Gasteiger partial charge in [0.2, 0.25) is 5.88 Å². The van der Waals surface area contributed by atoms with Crippen molar-refractivity contribution >= 4 is 5.65 Å². The van der Waals surface area contributed by atoms with Crippen LogP contribution in [0.5, 0.6) is 5.88 Å². The summed E-state index contributed by atoms with van der Waals surface area (Å²) >= 11 is 0. The lowest BCUT2D eigenvalue weighted by Gasteiger charge is -2.34. The summed E-state index contributed by atoms with van der Waals surface area (Å²) in [5, 5.41) is 7.29. The Kier molecular flexibility index (Phi) is 2.68. The molecule has 1 saturated carbocycles. The molecule has 2 aromatic heterocycles. The fourth-order valence-electron chi connectivity index (χ4n) is 2.26. The van der Waals surface area contributed by atoms with Crippen molar-refractivity contribution in [1.82, 2.24) is 19.9 Å². The third-order valence-corrected chi connectivity index (χ3v) is 3.21. The number of ether oxygens (including phenoxy) is 1. The lowest BCUT2D eigenvalue weighted by atomic mass is 9.82. The lowest BCUT2D eigenvalue weighted by Crippen LogP contribution is -2.38. The number of hydrogen-bond acceptors (Lipinski definition) is 4. The molecule has 90 valence electrons. The van der Waals surface area contributed by atoms with Crippen molar-refractivity contribution in [3.8, 4) is 5.88 Å². The van der Waals surface area contributed by atoms with Gasteiger partial charge in [-0.1, -0.05) is 0 Å². The minimum atomic E-state index is 0.325. The maximum atomic E-state index is 5.82. The first kappa shape index (κ1) is 10.5. The summed E-state index contributed by atoms with van der Waals surface area (Å²) in [5.41, 5.74) is 0.827. The SMILES string of the molecule is CNCC1CC(Oc2ccn3nccc3n2)C1. The third-order valence-electron chi connectivity index (χ3n) is 3.21. The second kappa shape index (κ2) is 4.33. The monoisotopic (exact) mass is 232 g/mol. The first-order valence-corrected chi connectivity index (χ1v) is 5.97. The van der Waals surface area contributed by atoms with Gasteiger partial charge in [-0.25, -0.2) is 4.52 Å². The number of nitrogens with zero attached hydrogens (tertiary/aromatic N) is 3. The molecule has 0 unspecified atom stereocenters. The lowest BCUT2D eigenvalue weighted by molar-refractivity contribution is 0.0618. The summed E-state index contributed by atoms with van der Waals surface area (Å²) in [5.74, 6) is 1.45. The van der Waals surface area contributed by atoms with Crippen LogP contribution in [-0.4, -0.2) is 34.3 Å². The molecule has 0 saturated heterocycles. The van der Waals surface area contributed by atoms with Crippen molar-refractivity contribution in [3.63, 3.8) is 0 Å². The van der Waals surface area contributed by atoms with Gasteiger partial charge in [-0.15, -0.1) is 0 Å². The number of nitrogens with one attached hydrogen (secondary N) is 1. The van der Waals surface area contributed by atoms with Gasteiger partial charge < -0.3 is 10.1 Å². The van der Waals surface area contributed by atoms with Crippen LogP contribution in [0.3, 0.4) is 0 Å². The molecule has 0 spiro atoms. The van der Waals surface area contributed by atoms with E-state index in [1.54, 1.807) is 10.7 Å². The van der Waals surface area contributed by atoms with Crippen LogP contribution in [0, 0.1) is 5.92 Å². The van der Waals surface area contributed by atoms with Crippen LogP contribution in [0.1, 0.15) is 12.8 Å². The van der Waals surface area contributed by atoms with E-state index in [0.717, 1.165) is 31.0 Å². The Morgan fingerprint density at radius 1 is 1.47 bits per heavy atom. The van der Waals surface area contributed by atoms with Crippen LogP contribution in [0.4, 0.5) is 0 Å². The Balaban J connectivity index is 1.62. The molecule has 1 aliphatic carbocycles. The molecule has 1 aliphatic rings. The van der Waals surface area contributed by atoms with Gasteiger partial charge in [0.15, 0.2) is 5.65 Å². The maximum absolute atomic E-state index is 5.82. The molecular weight excluding hydrogens is 216 g/mol. The van der Waals surface area contributed by atoms with E-state index in [1.807, 2.05) is 25.4 Å². The molecule has 17 heavy (non-hydrogen) atoms. The van der Waals surface area contributed by atoms with E-state index >= 15 is 0 Å².